The average Bonchev–Trinajstić information content (AvgIpc) is 2.47. The van der Waals surface area contributed by atoms with Crippen LogP contribution in [0.1, 0.15) is 5.56 Å². The minimum Gasteiger partial charge on any atom is -0.357 e. The highest BCUT2D eigenvalue weighted by Crippen LogP contribution is 2.28. The summed E-state index contributed by atoms with van der Waals surface area (Å²) in [6.07, 6.45) is 1.55. The maximum Gasteiger partial charge on any atom is 0.224 e. The molecule has 96 valence electrons. The minimum atomic E-state index is 0.464. The van der Waals surface area contributed by atoms with E-state index in [2.05, 4.69) is 21.4 Å². The van der Waals surface area contributed by atoms with Gasteiger partial charge in [0.15, 0.2) is 5.82 Å². The number of nitrogens with one attached hydrogen (secondary N) is 1. The maximum atomic E-state index is 8.78. The standard InChI is InChI=1S/C13H12ClN5/c1-16-13-17-8-11(14)12(18-13)19(2)10-5-3-9(7-15)4-6-10/h3-6,8H,1-2H3,(H,16,17,18). The smallest absolute Gasteiger partial charge is 0.224 e. The molecule has 1 N–H and O–H groups in total. The molecule has 0 amide bonds. The van der Waals surface area contributed by atoms with Gasteiger partial charge in [0.05, 0.1) is 17.8 Å². The van der Waals surface area contributed by atoms with E-state index >= 15 is 0 Å². The van der Waals surface area contributed by atoms with Crippen LogP contribution in [0.25, 0.3) is 0 Å². The summed E-state index contributed by atoms with van der Waals surface area (Å²) in [6.45, 7) is 0. The molecule has 1 aromatic heterocycles. The lowest BCUT2D eigenvalue weighted by molar-refractivity contribution is 1.08. The highest BCUT2D eigenvalue weighted by Gasteiger charge is 2.11. The van der Waals surface area contributed by atoms with Crippen molar-refractivity contribution in [1.82, 2.24) is 9.97 Å². The normalized spacial score (nSPS) is 9.79. The van der Waals surface area contributed by atoms with Crippen molar-refractivity contribution in [3.8, 4) is 6.07 Å². The molecule has 6 heteroatoms. The SMILES string of the molecule is CNc1ncc(Cl)c(N(C)c2ccc(C#N)cc2)n1. The third-order valence-electron chi connectivity index (χ3n) is 2.65. The predicted molar refractivity (Wildman–Crippen MR) is 75.8 cm³/mol. The van der Waals surface area contributed by atoms with Gasteiger partial charge in [-0.25, -0.2) is 4.98 Å². The van der Waals surface area contributed by atoms with Crippen LogP contribution in [0.4, 0.5) is 17.5 Å². The Kier molecular flexibility index (Phi) is 3.83. The lowest BCUT2D eigenvalue weighted by atomic mass is 10.2. The number of aromatic nitrogens is 2. The summed E-state index contributed by atoms with van der Waals surface area (Å²) in [6, 6.07) is 9.27. The van der Waals surface area contributed by atoms with Crippen LogP contribution in [0.5, 0.6) is 0 Å². The van der Waals surface area contributed by atoms with Gasteiger partial charge in [0.25, 0.3) is 0 Å². The molecule has 0 unspecified atom stereocenters. The van der Waals surface area contributed by atoms with E-state index in [1.54, 1.807) is 25.4 Å². The third-order valence-corrected chi connectivity index (χ3v) is 2.92. The molecule has 0 saturated heterocycles. The van der Waals surface area contributed by atoms with Crippen molar-refractivity contribution in [2.75, 3.05) is 24.3 Å². The Balaban J connectivity index is 2.37. The van der Waals surface area contributed by atoms with Gasteiger partial charge < -0.3 is 10.2 Å². The van der Waals surface area contributed by atoms with E-state index in [-0.39, 0.29) is 0 Å². The predicted octanol–water partition coefficient (Wildman–Crippen LogP) is 2.81. The largest absolute Gasteiger partial charge is 0.357 e. The lowest BCUT2D eigenvalue weighted by Gasteiger charge is -2.19. The van der Waals surface area contributed by atoms with E-state index < -0.39 is 0 Å². The van der Waals surface area contributed by atoms with Crippen LogP contribution >= 0.6 is 11.6 Å². The monoisotopic (exact) mass is 273 g/mol. The molecule has 0 fully saturated rings. The molecule has 0 aliphatic heterocycles. The fourth-order valence-corrected chi connectivity index (χ4v) is 1.81. The highest BCUT2D eigenvalue weighted by molar-refractivity contribution is 6.33. The van der Waals surface area contributed by atoms with Crippen LogP contribution < -0.4 is 10.2 Å². The van der Waals surface area contributed by atoms with Crippen molar-refractivity contribution < 1.29 is 0 Å². The summed E-state index contributed by atoms with van der Waals surface area (Å²) in [5, 5.41) is 12.1. The lowest BCUT2D eigenvalue weighted by Crippen LogP contribution is -2.13. The first-order valence-electron chi connectivity index (χ1n) is 5.60. The topological polar surface area (TPSA) is 64.8 Å². The zero-order valence-electron chi connectivity index (χ0n) is 10.6. The molecule has 0 radical (unpaired) electrons. The molecule has 0 atom stereocenters. The molecule has 1 aromatic carbocycles. The Morgan fingerprint density at radius 1 is 1.32 bits per heavy atom. The molecule has 2 aromatic rings. The summed E-state index contributed by atoms with van der Waals surface area (Å²) in [5.74, 6) is 1.10. The molecular formula is C13H12ClN5. The summed E-state index contributed by atoms with van der Waals surface area (Å²) < 4.78 is 0. The van der Waals surface area contributed by atoms with Crippen LogP contribution in [0, 0.1) is 11.3 Å². The second-order valence-electron chi connectivity index (χ2n) is 3.83. The van der Waals surface area contributed by atoms with Crippen LogP contribution in [-0.2, 0) is 0 Å². The summed E-state index contributed by atoms with van der Waals surface area (Å²) in [4.78, 5) is 10.2. The molecule has 5 nitrogen and oxygen atoms in total. The summed E-state index contributed by atoms with van der Waals surface area (Å²) in [7, 11) is 3.60. The first-order valence-corrected chi connectivity index (χ1v) is 5.97. The van der Waals surface area contributed by atoms with Crippen molar-refractivity contribution in [2.24, 2.45) is 0 Å². The van der Waals surface area contributed by atoms with Crippen molar-refractivity contribution in [3.63, 3.8) is 0 Å². The molecule has 0 bridgehead atoms. The second kappa shape index (κ2) is 5.55. The maximum absolute atomic E-state index is 8.78. The van der Waals surface area contributed by atoms with E-state index in [0.717, 1.165) is 5.69 Å². The number of hydrogen-bond acceptors (Lipinski definition) is 5. The Bertz CT molecular complexity index is 618. The first kappa shape index (κ1) is 13.1. The number of anilines is 3. The number of rotatable bonds is 3. The van der Waals surface area contributed by atoms with E-state index in [1.165, 1.54) is 0 Å². The molecule has 0 saturated carbocycles. The van der Waals surface area contributed by atoms with Crippen LogP contribution in [0.15, 0.2) is 30.5 Å². The molecule has 2 rings (SSSR count). The zero-order valence-corrected chi connectivity index (χ0v) is 11.3. The Labute approximate surface area is 116 Å². The van der Waals surface area contributed by atoms with Crippen molar-refractivity contribution in [1.29, 1.82) is 5.26 Å². The fraction of sp³-hybridized carbons (Fsp3) is 0.154. The summed E-state index contributed by atoms with van der Waals surface area (Å²) >= 11 is 6.11. The second-order valence-corrected chi connectivity index (χ2v) is 4.24. The molecule has 1 heterocycles. The fourth-order valence-electron chi connectivity index (χ4n) is 1.60. The number of nitriles is 1. The van der Waals surface area contributed by atoms with E-state index in [4.69, 9.17) is 16.9 Å². The van der Waals surface area contributed by atoms with Crippen molar-refractivity contribution in [3.05, 3.63) is 41.0 Å². The Morgan fingerprint density at radius 3 is 2.58 bits per heavy atom. The van der Waals surface area contributed by atoms with Gasteiger partial charge in [-0.3, -0.25) is 0 Å². The Hall–Kier alpha value is -2.32. The van der Waals surface area contributed by atoms with Gasteiger partial charge in [-0.05, 0) is 24.3 Å². The van der Waals surface area contributed by atoms with E-state index in [9.17, 15) is 0 Å². The highest BCUT2D eigenvalue weighted by atomic mass is 35.5. The van der Waals surface area contributed by atoms with Gasteiger partial charge in [0, 0.05) is 19.8 Å². The Morgan fingerprint density at radius 2 is 2.00 bits per heavy atom. The van der Waals surface area contributed by atoms with Gasteiger partial charge in [-0.1, -0.05) is 11.6 Å². The third kappa shape index (κ3) is 2.75. The van der Waals surface area contributed by atoms with E-state index in [0.29, 0.717) is 22.4 Å². The average molecular weight is 274 g/mol. The van der Waals surface area contributed by atoms with Gasteiger partial charge in [0.1, 0.15) is 5.02 Å². The van der Waals surface area contributed by atoms with E-state index in [1.807, 2.05) is 24.1 Å². The van der Waals surface area contributed by atoms with Gasteiger partial charge >= 0.3 is 0 Å². The quantitative estimate of drug-likeness (QED) is 0.931. The summed E-state index contributed by atoms with van der Waals surface area (Å²) in [5.41, 5.74) is 1.50. The number of benzene rings is 1. The molecule has 0 aliphatic rings. The number of hydrogen-bond donors (Lipinski definition) is 1. The first-order chi connectivity index (χ1) is 9.15. The van der Waals surface area contributed by atoms with Gasteiger partial charge in [-0.2, -0.15) is 10.2 Å². The molecule has 0 aliphatic carbocycles. The zero-order chi connectivity index (χ0) is 13.8. The minimum absolute atomic E-state index is 0.464. The van der Waals surface area contributed by atoms with Gasteiger partial charge in [0.2, 0.25) is 5.95 Å². The molecule has 0 spiro atoms. The van der Waals surface area contributed by atoms with Crippen molar-refractivity contribution in [2.45, 2.75) is 0 Å². The number of halogens is 1. The van der Waals surface area contributed by atoms with Gasteiger partial charge in [-0.15, -0.1) is 0 Å². The van der Waals surface area contributed by atoms with Crippen LogP contribution in [-0.4, -0.2) is 24.1 Å². The van der Waals surface area contributed by atoms with Crippen molar-refractivity contribution >= 4 is 29.1 Å². The van der Waals surface area contributed by atoms with Crippen LogP contribution in [0.3, 0.4) is 0 Å². The molecular weight excluding hydrogens is 262 g/mol. The molecule has 19 heavy (non-hydrogen) atoms. The van der Waals surface area contributed by atoms with Crippen LogP contribution in [0.2, 0.25) is 5.02 Å². The number of nitrogens with zero attached hydrogens (tertiary/aromatic N) is 4.